The van der Waals surface area contributed by atoms with Crippen LogP contribution in [-0.4, -0.2) is 29.1 Å². The lowest BCUT2D eigenvalue weighted by Crippen LogP contribution is -2.28. The maximum Gasteiger partial charge on any atom is 0.238 e. The number of benzene rings is 1. The number of thiazole rings is 1. The zero-order valence-electron chi connectivity index (χ0n) is 15.1. The first-order valence-electron chi connectivity index (χ1n) is 8.66. The summed E-state index contributed by atoms with van der Waals surface area (Å²) in [6.45, 7) is 0. The summed E-state index contributed by atoms with van der Waals surface area (Å²) in [5.41, 5.74) is 6.42. The van der Waals surface area contributed by atoms with E-state index < -0.39 is 11.3 Å². The Morgan fingerprint density at radius 3 is 2.89 bits per heavy atom. The predicted octanol–water partition coefficient (Wildman–Crippen LogP) is 2.50. The van der Waals surface area contributed by atoms with Crippen molar-refractivity contribution in [3.05, 3.63) is 47.1 Å². The number of rotatable bonds is 7. The van der Waals surface area contributed by atoms with E-state index in [2.05, 4.69) is 15.5 Å². The SMILES string of the molecule is COc1cccc(-c2cc(C3(C(=O)Nc4nc(CC(N)=O)cs4)CC3)no2)c1. The molecule has 2 amide bonds. The highest BCUT2D eigenvalue weighted by Crippen LogP contribution is 2.49. The Hall–Kier alpha value is -3.20. The molecular formula is C19H18N4O4S. The van der Waals surface area contributed by atoms with Gasteiger partial charge in [0.15, 0.2) is 10.9 Å². The van der Waals surface area contributed by atoms with Crippen LogP contribution >= 0.6 is 11.3 Å². The fourth-order valence-corrected chi connectivity index (χ4v) is 3.68. The summed E-state index contributed by atoms with van der Waals surface area (Å²) in [5.74, 6) is 0.642. The van der Waals surface area contributed by atoms with Gasteiger partial charge in [-0.2, -0.15) is 0 Å². The zero-order chi connectivity index (χ0) is 19.7. The van der Waals surface area contributed by atoms with Gasteiger partial charge < -0.3 is 20.3 Å². The first-order chi connectivity index (χ1) is 13.5. The summed E-state index contributed by atoms with van der Waals surface area (Å²) >= 11 is 1.26. The monoisotopic (exact) mass is 398 g/mol. The molecule has 2 aromatic heterocycles. The van der Waals surface area contributed by atoms with Crippen LogP contribution in [0.2, 0.25) is 0 Å². The third-order valence-electron chi connectivity index (χ3n) is 4.67. The lowest BCUT2D eigenvalue weighted by Gasteiger charge is -2.10. The maximum absolute atomic E-state index is 12.8. The second kappa shape index (κ2) is 7.08. The fourth-order valence-electron chi connectivity index (χ4n) is 2.98. The smallest absolute Gasteiger partial charge is 0.238 e. The number of ether oxygens (including phenoxy) is 1. The number of hydrogen-bond donors (Lipinski definition) is 2. The average molecular weight is 398 g/mol. The van der Waals surface area contributed by atoms with Crippen LogP contribution in [0.3, 0.4) is 0 Å². The van der Waals surface area contributed by atoms with Crippen molar-refractivity contribution in [1.82, 2.24) is 10.1 Å². The maximum atomic E-state index is 12.8. The molecule has 4 rings (SSSR count). The van der Waals surface area contributed by atoms with E-state index in [0.717, 1.165) is 5.56 Å². The van der Waals surface area contributed by atoms with Gasteiger partial charge in [-0.15, -0.1) is 11.3 Å². The molecule has 0 radical (unpaired) electrons. The Balaban J connectivity index is 1.51. The van der Waals surface area contributed by atoms with Gasteiger partial charge in [-0.1, -0.05) is 17.3 Å². The van der Waals surface area contributed by atoms with Gasteiger partial charge in [0.2, 0.25) is 11.8 Å². The lowest BCUT2D eigenvalue weighted by molar-refractivity contribution is -0.119. The largest absolute Gasteiger partial charge is 0.497 e. The third-order valence-corrected chi connectivity index (χ3v) is 5.47. The first-order valence-corrected chi connectivity index (χ1v) is 9.54. The molecule has 3 N–H and O–H groups in total. The lowest BCUT2D eigenvalue weighted by atomic mass is 10.0. The van der Waals surface area contributed by atoms with E-state index in [1.54, 1.807) is 18.6 Å². The number of nitrogens with one attached hydrogen (secondary N) is 1. The summed E-state index contributed by atoms with van der Waals surface area (Å²) in [7, 11) is 1.60. The van der Waals surface area contributed by atoms with Gasteiger partial charge in [-0.25, -0.2) is 4.98 Å². The van der Waals surface area contributed by atoms with Crippen molar-refractivity contribution in [1.29, 1.82) is 0 Å². The summed E-state index contributed by atoms with van der Waals surface area (Å²) in [5, 5.41) is 9.09. The number of primary amides is 1. The molecule has 0 unspecified atom stereocenters. The van der Waals surface area contributed by atoms with Gasteiger partial charge in [0.25, 0.3) is 0 Å². The van der Waals surface area contributed by atoms with Gasteiger partial charge >= 0.3 is 0 Å². The molecular weight excluding hydrogens is 380 g/mol. The van der Waals surface area contributed by atoms with Gasteiger partial charge in [0, 0.05) is 17.0 Å². The Labute approximate surface area is 164 Å². The summed E-state index contributed by atoms with van der Waals surface area (Å²) in [6.07, 6.45) is 1.41. The van der Waals surface area contributed by atoms with E-state index in [1.807, 2.05) is 24.3 Å². The summed E-state index contributed by atoms with van der Waals surface area (Å²) in [6, 6.07) is 9.24. The first kappa shape index (κ1) is 18.2. The van der Waals surface area contributed by atoms with Crippen LogP contribution in [0.5, 0.6) is 5.75 Å². The Bertz CT molecular complexity index is 1040. The highest BCUT2D eigenvalue weighted by Gasteiger charge is 2.54. The standard InChI is InChI=1S/C19H18N4O4S/c1-26-13-4-2-3-11(7-13)14-9-15(23-27-14)19(5-6-19)17(25)22-18-21-12(10-28-18)8-16(20)24/h2-4,7,9-10H,5-6,8H2,1H3,(H2,20,24)(H,21,22,25). The number of hydrogen-bond acceptors (Lipinski definition) is 7. The van der Waals surface area contributed by atoms with Gasteiger partial charge in [-0.3, -0.25) is 9.59 Å². The number of carbonyl (C=O) groups is 2. The van der Waals surface area contributed by atoms with Crippen molar-refractivity contribution in [2.24, 2.45) is 5.73 Å². The molecule has 1 fully saturated rings. The minimum atomic E-state index is -0.712. The molecule has 1 aromatic carbocycles. The van der Waals surface area contributed by atoms with Gasteiger partial charge in [0.05, 0.1) is 30.3 Å². The van der Waals surface area contributed by atoms with Crippen LogP contribution < -0.4 is 15.8 Å². The van der Waals surface area contributed by atoms with E-state index in [0.29, 0.717) is 40.9 Å². The molecule has 3 aromatic rings. The van der Waals surface area contributed by atoms with E-state index in [9.17, 15) is 9.59 Å². The molecule has 0 aliphatic heterocycles. The Kier molecular flexibility index (Phi) is 4.60. The molecule has 0 bridgehead atoms. The number of aromatic nitrogens is 2. The van der Waals surface area contributed by atoms with Crippen LogP contribution in [0.1, 0.15) is 24.2 Å². The minimum Gasteiger partial charge on any atom is -0.497 e. The predicted molar refractivity (Wildman–Crippen MR) is 103 cm³/mol. The second-order valence-corrected chi connectivity index (χ2v) is 7.49. The number of methoxy groups -OCH3 is 1. The molecule has 1 aliphatic carbocycles. The highest BCUT2D eigenvalue weighted by atomic mass is 32.1. The normalized spacial score (nSPS) is 14.5. The number of nitrogens with two attached hydrogens (primary N) is 1. The molecule has 0 saturated heterocycles. The van der Waals surface area contributed by atoms with Crippen LogP contribution in [0.15, 0.2) is 40.2 Å². The van der Waals surface area contributed by atoms with E-state index in [4.69, 9.17) is 15.0 Å². The Morgan fingerprint density at radius 2 is 2.18 bits per heavy atom. The molecule has 1 saturated carbocycles. The topological polar surface area (TPSA) is 120 Å². The summed E-state index contributed by atoms with van der Waals surface area (Å²) < 4.78 is 10.7. The van der Waals surface area contributed by atoms with Gasteiger partial charge in [-0.05, 0) is 25.0 Å². The molecule has 0 spiro atoms. The summed E-state index contributed by atoms with van der Waals surface area (Å²) in [4.78, 5) is 28.0. The molecule has 28 heavy (non-hydrogen) atoms. The van der Waals surface area contributed by atoms with E-state index in [1.165, 1.54) is 11.3 Å². The van der Waals surface area contributed by atoms with Crippen molar-refractivity contribution in [3.8, 4) is 17.1 Å². The molecule has 144 valence electrons. The number of amides is 2. The van der Waals surface area contributed by atoms with Gasteiger partial charge in [0.1, 0.15) is 5.75 Å². The van der Waals surface area contributed by atoms with E-state index in [-0.39, 0.29) is 12.3 Å². The molecule has 1 aliphatic rings. The van der Waals surface area contributed by atoms with E-state index >= 15 is 0 Å². The zero-order valence-corrected chi connectivity index (χ0v) is 15.9. The minimum absolute atomic E-state index is 0.0463. The van der Waals surface area contributed by atoms with Crippen molar-refractivity contribution in [2.45, 2.75) is 24.7 Å². The molecule has 8 nitrogen and oxygen atoms in total. The van der Waals surface area contributed by atoms with Crippen LogP contribution in [0.25, 0.3) is 11.3 Å². The number of carbonyl (C=O) groups excluding carboxylic acids is 2. The van der Waals surface area contributed by atoms with Crippen LogP contribution in [0, 0.1) is 0 Å². The molecule has 2 heterocycles. The average Bonchev–Trinajstić information content (AvgIpc) is 3.14. The fraction of sp³-hybridized carbons (Fsp3) is 0.263. The molecule has 0 atom stereocenters. The third kappa shape index (κ3) is 3.48. The Morgan fingerprint density at radius 1 is 1.36 bits per heavy atom. The number of anilines is 1. The molecule has 9 heteroatoms. The second-order valence-electron chi connectivity index (χ2n) is 6.63. The van der Waals surface area contributed by atoms with Crippen molar-refractivity contribution in [3.63, 3.8) is 0 Å². The van der Waals surface area contributed by atoms with Crippen LogP contribution in [-0.2, 0) is 21.4 Å². The van der Waals surface area contributed by atoms with Crippen molar-refractivity contribution < 1.29 is 18.8 Å². The van der Waals surface area contributed by atoms with Crippen LogP contribution in [0.4, 0.5) is 5.13 Å². The van der Waals surface area contributed by atoms with Crippen molar-refractivity contribution in [2.75, 3.05) is 12.4 Å². The quantitative estimate of drug-likeness (QED) is 0.631. The highest BCUT2D eigenvalue weighted by molar-refractivity contribution is 7.14. The number of nitrogens with zero attached hydrogens (tertiary/aromatic N) is 2. The van der Waals surface area contributed by atoms with Crippen molar-refractivity contribution >= 4 is 28.3 Å².